The Hall–Kier alpha value is -2.48. The van der Waals surface area contributed by atoms with Gasteiger partial charge in [0, 0.05) is 43.4 Å². The molecule has 3 aliphatic rings. The second kappa shape index (κ2) is 9.17. The van der Waals surface area contributed by atoms with Gasteiger partial charge in [-0.1, -0.05) is 19.3 Å². The SMILES string of the molecule is Cc1cc(Nc2ccnc(C[C@H]3COC4(CCN(C(=O)C5CCCCC5)CC4)C3)n2)n[nH]1. The van der Waals surface area contributed by atoms with E-state index in [-0.39, 0.29) is 11.5 Å². The molecule has 3 fully saturated rings. The first-order valence-corrected chi connectivity index (χ1v) is 12.1. The summed E-state index contributed by atoms with van der Waals surface area (Å²) in [4.78, 5) is 24.1. The summed E-state index contributed by atoms with van der Waals surface area (Å²) in [7, 11) is 0. The van der Waals surface area contributed by atoms with Gasteiger partial charge in [-0.05, 0) is 51.0 Å². The van der Waals surface area contributed by atoms with Crippen molar-refractivity contribution in [2.45, 2.75) is 70.3 Å². The Morgan fingerprint density at radius 3 is 2.81 bits per heavy atom. The molecule has 2 aromatic rings. The highest BCUT2D eigenvalue weighted by molar-refractivity contribution is 5.79. The van der Waals surface area contributed by atoms with E-state index in [4.69, 9.17) is 4.74 Å². The Labute approximate surface area is 189 Å². The highest BCUT2D eigenvalue weighted by Gasteiger charge is 2.44. The molecule has 1 aliphatic carbocycles. The number of hydrogen-bond donors (Lipinski definition) is 2. The lowest BCUT2D eigenvalue weighted by atomic mass is 9.83. The van der Waals surface area contributed by atoms with Gasteiger partial charge in [-0.25, -0.2) is 9.97 Å². The number of carbonyl (C=O) groups is 1. The van der Waals surface area contributed by atoms with E-state index in [1.807, 2.05) is 19.1 Å². The number of hydrogen-bond acceptors (Lipinski definition) is 6. The van der Waals surface area contributed by atoms with Crippen LogP contribution in [0, 0.1) is 18.8 Å². The lowest BCUT2D eigenvalue weighted by molar-refractivity contribution is -0.141. The fraction of sp³-hybridized carbons (Fsp3) is 0.667. The number of nitrogens with one attached hydrogen (secondary N) is 2. The second-order valence-electron chi connectivity index (χ2n) is 9.85. The monoisotopic (exact) mass is 438 g/mol. The molecule has 32 heavy (non-hydrogen) atoms. The molecule has 4 heterocycles. The van der Waals surface area contributed by atoms with E-state index in [1.54, 1.807) is 6.20 Å². The number of amides is 1. The van der Waals surface area contributed by atoms with Gasteiger partial charge in [0.1, 0.15) is 11.6 Å². The van der Waals surface area contributed by atoms with Gasteiger partial charge in [0.25, 0.3) is 0 Å². The van der Waals surface area contributed by atoms with E-state index in [1.165, 1.54) is 19.3 Å². The molecule has 0 unspecified atom stereocenters. The number of aryl methyl sites for hydroxylation is 1. The van der Waals surface area contributed by atoms with Crippen LogP contribution in [0.2, 0.25) is 0 Å². The molecule has 8 heteroatoms. The molecule has 5 rings (SSSR count). The number of carbonyl (C=O) groups excluding carboxylic acids is 1. The summed E-state index contributed by atoms with van der Waals surface area (Å²) in [6, 6.07) is 3.81. The Kier molecular flexibility index (Phi) is 6.13. The average molecular weight is 439 g/mol. The quantitative estimate of drug-likeness (QED) is 0.738. The predicted molar refractivity (Wildman–Crippen MR) is 122 cm³/mol. The number of ether oxygens (including phenoxy) is 1. The maximum atomic E-state index is 12.9. The van der Waals surface area contributed by atoms with Crippen LogP contribution in [0.15, 0.2) is 18.3 Å². The minimum atomic E-state index is -0.0730. The summed E-state index contributed by atoms with van der Waals surface area (Å²) in [5.41, 5.74) is 0.929. The van der Waals surface area contributed by atoms with Crippen LogP contribution in [0.4, 0.5) is 11.6 Å². The number of rotatable bonds is 5. The van der Waals surface area contributed by atoms with Crippen molar-refractivity contribution in [3.05, 3.63) is 29.8 Å². The van der Waals surface area contributed by atoms with Crippen LogP contribution >= 0.6 is 0 Å². The van der Waals surface area contributed by atoms with Crippen molar-refractivity contribution >= 4 is 17.5 Å². The molecule has 2 N–H and O–H groups in total. The number of likely N-dealkylation sites (tertiary alicyclic amines) is 1. The van der Waals surface area contributed by atoms with E-state index in [2.05, 4.69) is 30.4 Å². The summed E-state index contributed by atoms with van der Waals surface area (Å²) >= 11 is 0. The van der Waals surface area contributed by atoms with Gasteiger partial charge in [0.05, 0.1) is 12.2 Å². The van der Waals surface area contributed by atoms with Gasteiger partial charge in [-0.15, -0.1) is 0 Å². The van der Waals surface area contributed by atoms with E-state index < -0.39 is 0 Å². The Bertz CT molecular complexity index is 930. The fourth-order valence-corrected chi connectivity index (χ4v) is 5.60. The average Bonchev–Trinajstić information content (AvgIpc) is 3.40. The summed E-state index contributed by atoms with van der Waals surface area (Å²) in [5, 5.41) is 10.4. The molecule has 8 nitrogen and oxygen atoms in total. The third-order valence-corrected chi connectivity index (χ3v) is 7.37. The standard InChI is InChI=1S/C24H34N6O2/c1-17-13-22(29-28-17)27-20-7-10-25-21(26-20)14-18-15-24(32-16-18)8-11-30(12-9-24)23(31)19-5-3-2-4-6-19/h7,10,13,18-19H,2-6,8-9,11-12,14-16H2,1H3,(H2,25,26,27,28,29)/t18-/m1/s1. The van der Waals surface area contributed by atoms with Crippen molar-refractivity contribution < 1.29 is 9.53 Å². The lowest BCUT2D eigenvalue weighted by Crippen LogP contribution is -2.48. The first-order chi connectivity index (χ1) is 15.6. The zero-order valence-electron chi connectivity index (χ0n) is 19.0. The van der Waals surface area contributed by atoms with Crippen molar-refractivity contribution in [1.29, 1.82) is 0 Å². The lowest BCUT2D eigenvalue weighted by Gasteiger charge is -2.40. The fourth-order valence-electron chi connectivity index (χ4n) is 5.60. The Morgan fingerprint density at radius 1 is 1.25 bits per heavy atom. The van der Waals surface area contributed by atoms with Crippen molar-refractivity contribution in [2.24, 2.45) is 11.8 Å². The summed E-state index contributed by atoms with van der Waals surface area (Å²) in [6.07, 6.45) is 11.4. The smallest absolute Gasteiger partial charge is 0.225 e. The molecule has 2 saturated heterocycles. The zero-order valence-corrected chi connectivity index (χ0v) is 19.0. The molecular formula is C24H34N6O2. The van der Waals surface area contributed by atoms with Crippen LogP contribution in [0.3, 0.4) is 0 Å². The van der Waals surface area contributed by atoms with Gasteiger partial charge < -0.3 is 15.0 Å². The summed E-state index contributed by atoms with van der Waals surface area (Å²) < 4.78 is 6.35. The van der Waals surface area contributed by atoms with Gasteiger partial charge in [0.15, 0.2) is 5.82 Å². The number of aromatic nitrogens is 4. The van der Waals surface area contributed by atoms with Gasteiger partial charge >= 0.3 is 0 Å². The van der Waals surface area contributed by atoms with Crippen LogP contribution in [0.1, 0.15) is 62.9 Å². The van der Waals surface area contributed by atoms with Crippen molar-refractivity contribution in [3.63, 3.8) is 0 Å². The topological polar surface area (TPSA) is 96.0 Å². The molecule has 1 amide bonds. The third-order valence-electron chi connectivity index (χ3n) is 7.37. The third kappa shape index (κ3) is 4.80. The highest BCUT2D eigenvalue weighted by atomic mass is 16.5. The normalized spacial score (nSPS) is 23.5. The molecule has 0 bridgehead atoms. The van der Waals surface area contributed by atoms with Crippen LogP contribution < -0.4 is 5.32 Å². The minimum absolute atomic E-state index is 0.0730. The molecule has 1 saturated carbocycles. The van der Waals surface area contributed by atoms with Gasteiger partial charge in [0.2, 0.25) is 5.91 Å². The number of aromatic amines is 1. The Morgan fingerprint density at radius 2 is 2.06 bits per heavy atom. The summed E-state index contributed by atoms with van der Waals surface area (Å²) in [5.74, 6) is 3.41. The molecule has 2 aromatic heterocycles. The molecule has 1 atom stereocenters. The van der Waals surface area contributed by atoms with Crippen LogP contribution in [-0.2, 0) is 16.0 Å². The molecule has 2 aliphatic heterocycles. The second-order valence-corrected chi connectivity index (χ2v) is 9.85. The van der Waals surface area contributed by atoms with Crippen molar-refractivity contribution in [3.8, 4) is 0 Å². The highest BCUT2D eigenvalue weighted by Crippen LogP contribution is 2.40. The first-order valence-electron chi connectivity index (χ1n) is 12.1. The Balaban J connectivity index is 1.13. The zero-order chi connectivity index (χ0) is 22.0. The maximum absolute atomic E-state index is 12.9. The molecule has 1 spiro atoms. The van der Waals surface area contributed by atoms with E-state index in [9.17, 15) is 4.79 Å². The number of anilines is 2. The van der Waals surface area contributed by atoms with E-state index >= 15 is 0 Å². The molecular weight excluding hydrogens is 404 g/mol. The van der Waals surface area contributed by atoms with Gasteiger partial charge in [-0.2, -0.15) is 5.10 Å². The van der Waals surface area contributed by atoms with Crippen molar-refractivity contribution in [1.82, 2.24) is 25.1 Å². The van der Waals surface area contributed by atoms with Crippen LogP contribution in [0.5, 0.6) is 0 Å². The van der Waals surface area contributed by atoms with Crippen LogP contribution in [-0.4, -0.2) is 56.3 Å². The first kappa shape index (κ1) is 21.4. The molecule has 0 radical (unpaired) electrons. The van der Waals surface area contributed by atoms with E-state index in [0.29, 0.717) is 11.8 Å². The van der Waals surface area contributed by atoms with Gasteiger partial charge in [-0.3, -0.25) is 9.89 Å². The largest absolute Gasteiger partial charge is 0.375 e. The molecule has 0 aromatic carbocycles. The van der Waals surface area contributed by atoms with E-state index in [0.717, 1.165) is 81.4 Å². The predicted octanol–water partition coefficient (Wildman–Crippen LogP) is 3.77. The number of nitrogens with zero attached hydrogens (tertiary/aromatic N) is 4. The minimum Gasteiger partial charge on any atom is -0.375 e. The summed E-state index contributed by atoms with van der Waals surface area (Å²) in [6.45, 7) is 4.38. The molecule has 172 valence electrons. The van der Waals surface area contributed by atoms with Crippen molar-refractivity contribution in [2.75, 3.05) is 25.0 Å². The maximum Gasteiger partial charge on any atom is 0.225 e. The number of piperidine rings is 1. The van der Waals surface area contributed by atoms with Crippen LogP contribution in [0.25, 0.3) is 0 Å². The number of H-pyrrole nitrogens is 1.